The fourth-order valence-corrected chi connectivity index (χ4v) is 2.34. The van der Waals surface area contributed by atoms with Crippen LogP contribution in [0.5, 0.6) is 0 Å². The van der Waals surface area contributed by atoms with Crippen LogP contribution in [0.4, 0.5) is 4.79 Å². The molecule has 1 heterocycles. The Bertz CT molecular complexity index is 428. The molecule has 21 heavy (non-hydrogen) atoms. The smallest absolute Gasteiger partial charge is 0.408 e. The number of likely N-dealkylation sites (tertiary alicyclic amines) is 1. The van der Waals surface area contributed by atoms with E-state index in [1.165, 1.54) is 4.90 Å². The molecule has 1 saturated heterocycles. The van der Waals surface area contributed by atoms with Crippen LogP contribution in [0.25, 0.3) is 0 Å². The van der Waals surface area contributed by atoms with Crippen molar-refractivity contribution in [1.82, 2.24) is 10.2 Å². The summed E-state index contributed by atoms with van der Waals surface area (Å²) in [7, 11) is 0. The Morgan fingerprint density at radius 2 is 1.95 bits per heavy atom. The van der Waals surface area contributed by atoms with E-state index in [2.05, 4.69) is 5.32 Å². The molecule has 0 unspecified atom stereocenters. The first-order chi connectivity index (χ1) is 9.53. The molecule has 120 valence electrons. The number of carbonyl (C=O) groups is 3. The maximum absolute atomic E-state index is 12.2. The van der Waals surface area contributed by atoms with Gasteiger partial charge in [-0.2, -0.15) is 0 Å². The Hall–Kier alpha value is -1.79. The maximum atomic E-state index is 12.2. The van der Waals surface area contributed by atoms with Crippen molar-refractivity contribution in [3.8, 4) is 0 Å². The van der Waals surface area contributed by atoms with E-state index in [0.29, 0.717) is 13.0 Å². The number of carboxylic acids is 1. The van der Waals surface area contributed by atoms with Crippen molar-refractivity contribution in [2.45, 2.75) is 58.7 Å². The molecule has 0 aromatic heterocycles. The normalized spacial score (nSPS) is 20.6. The lowest BCUT2D eigenvalue weighted by atomic mass is 10.0. The van der Waals surface area contributed by atoms with Gasteiger partial charge in [0.1, 0.15) is 17.7 Å². The van der Waals surface area contributed by atoms with Crippen molar-refractivity contribution in [3.63, 3.8) is 0 Å². The van der Waals surface area contributed by atoms with Gasteiger partial charge in [0.05, 0.1) is 0 Å². The first-order valence-electron chi connectivity index (χ1n) is 7.05. The number of carbonyl (C=O) groups excluding carboxylic acids is 2. The van der Waals surface area contributed by atoms with Crippen LogP contribution in [0, 0.1) is 5.92 Å². The number of hydrogen-bond donors (Lipinski definition) is 2. The minimum absolute atomic E-state index is 0.202. The van der Waals surface area contributed by atoms with Gasteiger partial charge in [-0.05, 0) is 33.1 Å². The van der Waals surface area contributed by atoms with Gasteiger partial charge in [0.15, 0.2) is 0 Å². The molecule has 1 rings (SSSR count). The van der Waals surface area contributed by atoms with Crippen LogP contribution < -0.4 is 5.32 Å². The average molecular weight is 300 g/mol. The molecule has 0 aromatic carbocycles. The molecular weight excluding hydrogens is 276 g/mol. The van der Waals surface area contributed by atoms with Crippen LogP contribution in [-0.2, 0) is 14.3 Å². The Labute approximate surface area is 124 Å². The fraction of sp³-hybridized carbons (Fsp3) is 0.786. The van der Waals surface area contributed by atoms with E-state index < -0.39 is 29.7 Å². The molecule has 2 atom stereocenters. The number of nitrogens with zero attached hydrogens (tertiary/aromatic N) is 1. The summed E-state index contributed by atoms with van der Waals surface area (Å²) < 4.78 is 5.10. The van der Waals surface area contributed by atoms with Crippen LogP contribution in [0.1, 0.15) is 41.0 Å². The molecular formula is C14H24N2O5. The largest absolute Gasteiger partial charge is 0.480 e. The monoisotopic (exact) mass is 300 g/mol. The molecule has 0 aromatic rings. The summed E-state index contributed by atoms with van der Waals surface area (Å²) in [5, 5.41) is 11.7. The molecule has 0 aliphatic carbocycles. The van der Waals surface area contributed by atoms with Crippen LogP contribution >= 0.6 is 0 Å². The summed E-state index contributed by atoms with van der Waals surface area (Å²) in [6.07, 6.45) is -0.284. The van der Waals surface area contributed by atoms with Crippen molar-refractivity contribution in [1.29, 1.82) is 0 Å². The number of hydrogen-bond acceptors (Lipinski definition) is 4. The molecule has 7 nitrogen and oxygen atoms in total. The van der Waals surface area contributed by atoms with E-state index in [-0.39, 0.29) is 11.8 Å². The van der Waals surface area contributed by atoms with Gasteiger partial charge >= 0.3 is 12.1 Å². The minimum Gasteiger partial charge on any atom is -0.480 e. The highest BCUT2D eigenvalue weighted by molar-refractivity contribution is 5.91. The second-order valence-corrected chi connectivity index (χ2v) is 6.55. The first-order valence-corrected chi connectivity index (χ1v) is 7.05. The second kappa shape index (κ2) is 6.32. The van der Waals surface area contributed by atoms with Crippen molar-refractivity contribution < 1.29 is 24.2 Å². The Balaban J connectivity index is 2.69. The van der Waals surface area contributed by atoms with Crippen LogP contribution in [0.15, 0.2) is 0 Å². The summed E-state index contributed by atoms with van der Waals surface area (Å²) in [4.78, 5) is 36.5. The van der Waals surface area contributed by atoms with Gasteiger partial charge in [-0.15, -0.1) is 0 Å². The SMILES string of the molecule is CC(C)[C@@H](C(=O)O)N1CC[C@@H](NC(=O)OC(C)(C)C)C1=O. The highest BCUT2D eigenvalue weighted by atomic mass is 16.6. The van der Waals surface area contributed by atoms with E-state index in [0.717, 1.165) is 0 Å². The summed E-state index contributed by atoms with van der Waals surface area (Å²) >= 11 is 0. The first kappa shape index (κ1) is 17.3. The Kier molecular flexibility index (Phi) is 5.20. The standard InChI is InChI=1S/C14H24N2O5/c1-8(2)10(12(18)19)16-7-6-9(11(16)17)15-13(20)21-14(3,4)5/h8-10H,6-7H2,1-5H3,(H,15,20)(H,18,19)/t9-,10+/m1/s1. The number of rotatable bonds is 4. The summed E-state index contributed by atoms with van der Waals surface area (Å²) in [6, 6.07) is -1.59. The van der Waals surface area contributed by atoms with E-state index in [9.17, 15) is 19.5 Å². The highest BCUT2D eigenvalue weighted by Gasteiger charge is 2.41. The minimum atomic E-state index is -1.03. The zero-order valence-corrected chi connectivity index (χ0v) is 13.2. The number of alkyl carbamates (subject to hydrolysis) is 1. The third-order valence-corrected chi connectivity index (χ3v) is 3.15. The topological polar surface area (TPSA) is 95.9 Å². The van der Waals surface area contributed by atoms with E-state index in [1.54, 1.807) is 34.6 Å². The predicted molar refractivity (Wildman–Crippen MR) is 75.7 cm³/mol. The molecule has 2 amide bonds. The lowest BCUT2D eigenvalue weighted by Crippen LogP contribution is -2.49. The molecule has 2 N–H and O–H groups in total. The van der Waals surface area contributed by atoms with Crippen LogP contribution in [0.3, 0.4) is 0 Å². The van der Waals surface area contributed by atoms with E-state index in [1.807, 2.05) is 0 Å². The quantitative estimate of drug-likeness (QED) is 0.814. The third-order valence-electron chi connectivity index (χ3n) is 3.15. The van der Waals surface area contributed by atoms with Crippen LogP contribution in [-0.4, -0.2) is 52.2 Å². The zero-order valence-electron chi connectivity index (χ0n) is 13.2. The lowest BCUT2D eigenvalue weighted by Gasteiger charge is -2.27. The highest BCUT2D eigenvalue weighted by Crippen LogP contribution is 2.20. The molecule has 0 spiro atoms. The third kappa shape index (κ3) is 4.61. The van der Waals surface area contributed by atoms with Crippen molar-refractivity contribution in [3.05, 3.63) is 0 Å². The number of aliphatic carboxylic acids is 1. The zero-order chi connectivity index (χ0) is 16.4. The molecule has 1 aliphatic heterocycles. The predicted octanol–water partition coefficient (Wildman–Crippen LogP) is 1.22. The number of carboxylic acid groups (broad SMARTS) is 1. The molecule has 7 heteroatoms. The van der Waals surface area contributed by atoms with Crippen molar-refractivity contribution >= 4 is 18.0 Å². The van der Waals surface area contributed by atoms with Gasteiger partial charge in [-0.3, -0.25) is 4.79 Å². The Morgan fingerprint density at radius 1 is 1.38 bits per heavy atom. The molecule has 1 fully saturated rings. The molecule has 1 aliphatic rings. The Morgan fingerprint density at radius 3 is 2.38 bits per heavy atom. The molecule has 0 saturated carbocycles. The number of amides is 2. The summed E-state index contributed by atoms with van der Waals surface area (Å²) in [5.41, 5.74) is -0.646. The van der Waals surface area contributed by atoms with Gasteiger partial charge in [0.2, 0.25) is 5.91 Å². The van der Waals surface area contributed by atoms with E-state index in [4.69, 9.17) is 4.74 Å². The van der Waals surface area contributed by atoms with Gasteiger partial charge in [-0.25, -0.2) is 9.59 Å². The molecule has 0 bridgehead atoms. The van der Waals surface area contributed by atoms with Crippen molar-refractivity contribution in [2.24, 2.45) is 5.92 Å². The summed E-state index contributed by atoms with van der Waals surface area (Å²) in [5.74, 6) is -1.61. The van der Waals surface area contributed by atoms with Crippen molar-refractivity contribution in [2.75, 3.05) is 6.54 Å². The number of nitrogens with one attached hydrogen (secondary N) is 1. The maximum Gasteiger partial charge on any atom is 0.408 e. The van der Waals surface area contributed by atoms with Gasteiger partial charge in [-0.1, -0.05) is 13.8 Å². The van der Waals surface area contributed by atoms with Gasteiger partial charge < -0.3 is 20.1 Å². The summed E-state index contributed by atoms with van der Waals surface area (Å²) in [6.45, 7) is 9.01. The van der Waals surface area contributed by atoms with Gasteiger partial charge in [0.25, 0.3) is 0 Å². The van der Waals surface area contributed by atoms with Crippen LogP contribution in [0.2, 0.25) is 0 Å². The molecule has 0 radical (unpaired) electrons. The fourth-order valence-electron chi connectivity index (χ4n) is 2.34. The number of ether oxygens (including phenoxy) is 1. The average Bonchev–Trinajstić information content (AvgIpc) is 2.58. The van der Waals surface area contributed by atoms with Gasteiger partial charge in [0, 0.05) is 6.54 Å². The second-order valence-electron chi connectivity index (χ2n) is 6.55. The lowest BCUT2D eigenvalue weighted by molar-refractivity contribution is -0.150. The van der Waals surface area contributed by atoms with E-state index >= 15 is 0 Å².